The van der Waals surface area contributed by atoms with Gasteiger partial charge in [-0.05, 0) is 18.2 Å². The van der Waals surface area contributed by atoms with E-state index < -0.39 is 16.4 Å². The Kier molecular flexibility index (Phi) is 4.55. The summed E-state index contributed by atoms with van der Waals surface area (Å²) >= 11 is 4.01. The monoisotopic (exact) mass is 250 g/mol. The number of phenols is 1. The molecule has 17 heavy (non-hydrogen) atoms. The second-order valence-corrected chi connectivity index (χ2v) is 3.66. The van der Waals surface area contributed by atoms with Crippen LogP contribution in [0.4, 0.5) is 5.69 Å². The molecule has 0 aliphatic carbocycles. The molecule has 5 nitrogen and oxygen atoms in total. The molecular formula is C11H10N2O3S. The zero-order valence-corrected chi connectivity index (χ0v) is 9.72. The largest absolute Gasteiger partial charge is 0.502 e. The standard InChI is InChI=1S/C11H10N2O3S/c12-7-8-5-9(3-1-2-4-17)11(14)10(6-8)13(15)16/h1,3,5-6,14,17H,2,4H2. The lowest BCUT2D eigenvalue weighted by Gasteiger charge is -2.01. The first-order valence-electron chi connectivity index (χ1n) is 4.79. The van der Waals surface area contributed by atoms with Crippen molar-refractivity contribution in [2.24, 2.45) is 0 Å². The fourth-order valence-corrected chi connectivity index (χ4v) is 1.41. The molecule has 0 aromatic heterocycles. The third-order valence-corrected chi connectivity index (χ3v) is 2.30. The highest BCUT2D eigenvalue weighted by atomic mass is 32.1. The second kappa shape index (κ2) is 5.92. The maximum atomic E-state index is 10.7. The average molecular weight is 250 g/mol. The minimum absolute atomic E-state index is 0.139. The van der Waals surface area contributed by atoms with E-state index in [9.17, 15) is 15.2 Å². The van der Waals surface area contributed by atoms with Crippen LogP contribution < -0.4 is 0 Å². The summed E-state index contributed by atoms with van der Waals surface area (Å²) in [5, 5.41) is 29.1. The summed E-state index contributed by atoms with van der Waals surface area (Å²) in [5.41, 5.74) is -0.0628. The van der Waals surface area contributed by atoms with E-state index in [-0.39, 0.29) is 11.1 Å². The highest BCUT2D eigenvalue weighted by Crippen LogP contribution is 2.32. The van der Waals surface area contributed by atoms with Crippen LogP contribution in [-0.2, 0) is 0 Å². The number of benzene rings is 1. The van der Waals surface area contributed by atoms with Crippen LogP contribution in [0, 0.1) is 21.4 Å². The second-order valence-electron chi connectivity index (χ2n) is 3.22. The van der Waals surface area contributed by atoms with Crippen molar-refractivity contribution in [3.05, 3.63) is 39.4 Å². The van der Waals surface area contributed by atoms with Gasteiger partial charge >= 0.3 is 5.69 Å². The first-order chi connectivity index (χ1) is 8.10. The molecular weight excluding hydrogens is 240 g/mol. The topological polar surface area (TPSA) is 87.2 Å². The molecule has 0 saturated heterocycles. The molecule has 0 heterocycles. The third kappa shape index (κ3) is 3.23. The van der Waals surface area contributed by atoms with Crippen LogP contribution in [0.15, 0.2) is 18.2 Å². The van der Waals surface area contributed by atoms with Gasteiger partial charge < -0.3 is 5.11 Å². The molecule has 0 spiro atoms. The van der Waals surface area contributed by atoms with Gasteiger partial charge in [-0.3, -0.25) is 10.1 Å². The van der Waals surface area contributed by atoms with Crippen LogP contribution in [0.1, 0.15) is 17.5 Å². The number of phenolic OH excluding ortho intramolecular Hbond substituents is 1. The van der Waals surface area contributed by atoms with Gasteiger partial charge in [-0.1, -0.05) is 12.2 Å². The van der Waals surface area contributed by atoms with Gasteiger partial charge in [0.2, 0.25) is 5.75 Å². The van der Waals surface area contributed by atoms with Gasteiger partial charge in [-0.25, -0.2) is 0 Å². The molecule has 0 atom stereocenters. The lowest BCUT2D eigenvalue weighted by atomic mass is 10.1. The maximum absolute atomic E-state index is 10.7. The summed E-state index contributed by atoms with van der Waals surface area (Å²) in [5.74, 6) is 0.210. The van der Waals surface area contributed by atoms with Gasteiger partial charge in [0.15, 0.2) is 0 Å². The van der Waals surface area contributed by atoms with Crippen LogP contribution in [0.25, 0.3) is 6.08 Å². The smallest absolute Gasteiger partial charge is 0.312 e. The lowest BCUT2D eigenvalue weighted by Crippen LogP contribution is -1.92. The van der Waals surface area contributed by atoms with Crippen LogP contribution >= 0.6 is 12.6 Å². The summed E-state index contributed by atoms with van der Waals surface area (Å²) < 4.78 is 0. The molecule has 1 aromatic rings. The first-order valence-corrected chi connectivity index (χ1v) is 5.42. The maximum Gasteiger partial charge on any atom is 0.312 e. The highest BCUT2D eigenvalue weighted by molar-refractivity contribution is 7.80. The molecule has 6 heteroatoms. The minimum atomic E-state index is -0.716. The number of thiol groups is 1. The molecule has 0 amide bonds. The van der Waals surface area contributed by atoms with Gasteiger partial charge in [0, 0.05) is 11.6 Å². The summed E-state index contributed by atoms with van der Waals surface area (Å²) in [7, 11) is 0. The Hall–Kier alpha value is -2.00. The fraction of sp³-hybridized carbons (Fsp3) is 0.182. The van der Waals surface area contributed by atoms with Crippen molar-refractivity contribution in [3.8, 4) is 11.8 Å². The van der Waals surface area contributed by atoms with E-state index in [1.165, 1.54) is 6.07 Å². The van der Waals surface area contributed by atoms with Gasteiger partial charge in [0.25, 0.3) is 0 Å². The third-order valence-electron chi connectivity index (χ3n) is 2.04. The number of nitrogens with zero attached hydrogens (tertiary/aromatic N) is 2. The van der Waals surface area contributed by atoms with Crippen LogP contribution in [-0.4, -0.2) is 15.8 Å². The van der Waals surface area contributed by atoms with E-state index in [1.54, 1.807) is 12.2 Å². The zero-order chi connectivity index (χ0) is 12.8. The molecule has 0 unspecified atom stereocenters. The summed E-state index contributed by atoms with van der Waals surface area (Å²) in [6, 6.07) is 4.26. The number of rotatable bonds is 4. The summed E-state index contributed by atoms with van der Waals surface area (Å²) in [6.45, 7) is 0. The number of nitriles is 1. The molecule has 0 saturated carbocycles. The Morgan fingerprint density at radius 1 is 1.59 bits per heavy atom. The number of nitro benzene ring substituents is 1. The molecule has 88 valence electrons. The average Bonchev–Trinajstić information content (AvgIpc) is 2.31. The van der Waals surface area contributed by atoms with Crippen LogP contribution in [0.2, 0.25) is 0 Å². The van der Waals surface area contributed by atoms with Crippen LogP contribution in [0.5, 0.6) is 5.75 Å². The minimum Gasteiger partial charge on any atom is -0.502 e. The molecule has 0 radical (unpaired) electrons. The molecule has 0 bridgehead atoms. The van der Waals surface area contributed by atoms with E-state index in [2.05, 4.69) is 12.6 Å². The number of aromatic hydroxyl groups is 1. The summed E-state index contributed by atoms with van der Waals surface area (Å²) in [6.07, 6.45) is 3.94. The molecule has 0 aliphatic heterocycles. The van der Waals surface area contributed by atoms with Crippen molar-refractivity contribution in [1.29, 1.82) is 5.26 Å². The molecule has 0 aliphatic rings. The number of nitro groups is 1. The predicted molar refractivity (Wildman–Crippen MR) is 67.0 cm³/mol. The van der Waals surface area contributed by atoms with Crippen molar-refractivity contribution < 1.29 is 10.0 Å². The van der Waals surface area contributed by atoms with Crippen molar-refractivity contribution in [2.75, 3.05) is 5.75 Å². The number of hydrogen-bond acceptors (Lipinski definition) is 5. The van der Waals surface area contributed by atoms with Gasteiger partial charge in [0.1, 0.15) is 0 Å². The van der Waals surface area contributed by atoms with Gasteiger partial charge in [0.05, 0.1) is 16.6 Å². The van der Waals surface area contributed by atoms with E-state index in [0.717, 1.165) is 6.07 Å². The van der Waals surface area contributed by atoms with Crippen LogP contribution in [0.3, 0.4) is 0 Å². The molecule has 0 fully saturated rings. The van der Waals surface area contributed by atoms with Crippen molar-refractivity contribution in [3.63, 3.8) is 0 Å². The quantitative estimate of drug-likeness (QED) is 0.488. The Balaban J connectivity index is 3.25. The number of allylic oxidation sites excluding steroid dienone is 1. The molecule has 1 N–H and O–H groups in total. The number of hydrogen-bond donors (Lipinski definition) is 2. The predicted octanol–water partition coefficient (Wildman–Crippen LogP) is 2.51. The highest BCUT2D eigenvalue weighted by Gasteiger charge is 2.17. The van der Waals surface area contributed by atoms with Gasteiger partial charge in [-0.2, -0.15) is 17.9 Å². The van der Waals surface area contributed by atoms with Crippen molar-refractivity contribution >= 4 is 24.4 Å². The van der Waals surface area contributed by atoms with E-state index in [0.29, 0.717) is 12.2 Å². The molecule has 1 aromatic carbocycles. The Morgan fingerprint density at radius 2 is 2.29 bits per heavy atom. The van der Waals surface area contributed by atoms with E-state index in [1.807, 2.05) is 6.07 Å². The SMILES string of the molecule is N#Cc1cc(C=CCCS)c(O)c([N+](=O)[O-])c1. The van der Waals surface area contributed by atoms with Crippen molar-refractivity contribution in [1.82, 2.24) is 0 Å². The van der Waals surface area contributed by atoms with E-state index in [4.69, 9.17) is 5.26 Å². The zero-order valence-electron chi connectivity index (χ0n) is 8.83. The Morgan fingerprint density at radius 3 is 2.82 bits per heavy atom. The first kappa shape index (κ1) is 13.1. The summed E-state index contributed by atoms with van der Waals surface area (Å²) in [4.78, 5) is 9.96. The van der Waals surface area contributed by atoms with E-state index >= 15 is 0 Å². The Labute approximate surface area is 104 Å². The van der Waals surface area contributed by atoms with Crippen molar-refractivity contribution in [2.45, 2.75) is 6.42 Å². The molecule has 1 rings (SSSR count). The fourth-order valence-electron chi connectivity index (χ4n) is 1.26. The Bertz CT molecular complexity index is 506. The lowest BCUT2D eigenvalue weighted by molar-refractivity contribution is -0.385. The normalized spacial score (nSPS) is 10.4. The van der Waals surface area contributed by atoms with Gasteiger partial charge in [-0.15, -0.1) is 0 Å².